The van der Waals surface area contributed by atoms with Crippen LogP contribution in [-0.4, -0.2) is 62.3 Å². The standard InChI is InChI=1S/C19H31N3O2/c1-16-6-7-18(17(2)14-16)15-20-19(23)22-11-9-21(10-12-22)8-4-5-13-24-3/h6-7,14H,4-5,8-13,15H2,1-3H3,(H,20,23). The molecule has 1 aromatic carbocycles. The highest BCUT2D eigenvalue weighted by atomic mass is 16.5. The molecule has 134 valence electrons. The summed E-state index contributed by atoms with van der Waals surface area (Å²) in [4.78, 5) is 16.7. The number of rotatable bonds is 7. The second-order valence-electron chi connectivity index (χ2n) is 6.62. The number of methoxy groups -OCH3 is 1. The van der Waals surface area contributed by atoms with Crippen LogP contribution in [0.3, 0.4) is 0 Å². The lowest BCUT2D eigenvalue weighted by Crippen LogP contribution is -2.51. The fourth-order valence-corrected chi connectivity index (χ4v) is 3.08. The number of nitrogens with one attached hydrogen (secondary N) is 1. The van der Waals surface area contributed by atoms with E-state index in [2.05, 4.69) is 42.3 Å². The van der Waals surface area contributed by atoms with Crippen molar-refractivity contribution < 1.29 is 9.53 Å². The average molecular weight is 333 g/mol. The number of carbonyl (C=O) groups excluding carboxylic acids is 1. The lowest BCUT2D eigenvalue weighted by atomic mass is 10.1. The molecule has 1 heterocycles. The molecule has 1 fully saturated rings. The maximum atomic E-state index is 12.3. The van der Waals surface area contributed by atoms with Crippen LogP contribution in [0.5, 0.6) is 0 Å². The first-order valence-corrected chi connectivity index (χ1v) is 8.90. The number of carbonyl (C=O) groups is 1. The van der Waals surface area contributed by atoms with E-state index in [1.807, 2.05) is 4.90 Å². The number of unbranched alkanes of at least 4 members (excludes halogenated alkanes) is 1. The minimum absolute atomic E-state index is 0.0500. The van der Waals surface area contributed by atoms with E-state index in [9.17, 15) is 4.79 Å². The van der Waals surface area contributed by atoms with Gasteiger partial charge in [-0.2, -0.15) is 0 Å². The Labute approximate surface area is 146 Å². The SMILES string of the molecule is COCCCCN1CCN(C(=O)NCc2ccc(C)cc2C)CC1. The van der Waals surface area contributed by atoms with Crippen molar-refractivity contribution in [2.75, 3.05) is 46.4 Å². The molecule has 0 unspecified atom stereocenters. The molecule has 0 aromatic heterocycles. The minimum Gasteiger partial charge on any atom is -0.385 e. The van der Waals surface area contributed by atoms with E-state index in [0.717, 1.165) is 52.2 Å². The van der Waals surface area contributed by atoms with E-state index in [1.54, 1.807) is 7.11 Å². The third-order valence-electron chi connectivity index (χ3n) is 4.66. The smallest absolute Gasteiger partial charge is 0.317 e. The van der Waals surface area contributed by atoms with Gasteiger partial charge in [0.25, 0.3) is 0 Å². The first-order valence-electron chi connectivity index (χ1n) is 8.90. The molecule has 1 aliphatic rings. The summed E-state index contributed by atoms with van der Waals surface area (Å²) in [6.07, 6.45) is 2.26. The second kappa shape index (κ2) is 9.64. The van der Waals surface area contributed by atoms with E-state index in [0.29, 0.717) is 6.54 Å². The van der Waals surface area contributed by atoms with Gasteiger partial charge in [0.15, 0.2) is 0 Å². The highest BCUT2D eigenvalue weighted by molar-refractivity contribution is 5.74. The number of nitrogens with zero attached hydrogens (tertiary/aromatic N) is 2. The van der Waals surface area contributed by atoms with Gasteiger partial charge in [-0.15, -0.1) is 0 Å². The van der Waals surface area contributed by atoms with E-state index < -0.39 is 0 Å². The van der Waals surface area contributed by atoms with E-state index in [4.69, 9.17) is 4.74 Å². The van der Waals surface area contributed by atoms with Gasteiger partial charge in [0.2, 0.25) is 0 Å². The van der Waals surface area contributed by atoms with Gasteiger partial charge < -0.3 is 15.0 Å². The Morgan fingerprint density at radius 1 is 1.17 bits per heavy atom. The van der Waals surface area contributed by atoms with Crippen molar-refractivity contribution in [3.05, 3.63) is 34.9 Å². The number of piperazine rings is 1. The van der Waals surface area contributed by atoms with Crippen molar-refractivity contribution >= 4 is 6.03 Å². The molecule has 0 radical (unpaired) electrons. The molecule has 2 amide bonds. The molecule has 1 saturated heterocycles. The Balaban J connectivity index is 1.69. The molecule has 5 heteroatoms. The number of aryl methyl sites for hydroxylation is 2. The van der Waals surface area contributed by atoms with Gasteiger partial charge in [0, 0.05) is 46.4 Å². The average Bonchev–Trinajstić information content (AvgIpc) is 2.58. The highest BCUT2D eigenvalue weighted by Gasteiger charge is 2.20. The molecular formula is C19H31N3O2. The molecule has 1 N–H and O–H groups in total. The fourth-order valence-electron chi connectivity index (χ4n) is 3.08. The van der Waals surface area contributed by atoms with Crippen molar-refractivity contribution in [2.45, 2.75) is 33.2 Å². The molecule has 1 aliphatic heterocycles. The number of hydrogen-bond donors (Lipinski definition) is 1. The van der Waals surface area contributed by atoms with Crippen LogP contribution in [0.4, 0.5) is 4.79 Å². The predicted octanol–water partition coefficient (Wildman–Crippen LogP) is 2.56. The van der Waals surface area contributed by atoms with Crippen molar-refractivity contribution in [3.8, 4) is 0 Å². The Morgan fingerprint density at radius 2 is 1.92 bits per heavy atom. The van der Waals surface area contributed by atoms with Crippen molar-refractivity contribution in [1.29, 1.82) is 0 Å². The van der Waals surface area contributed by atoms with Crippen LogP contribution in [0.2, 0.25) is 0 Å². The maximum Gasteiger partial charge on any atom is 0.317 e. The van der Waals surface area contributed by atoms with E-state index in [-0.39, 0.29) is 6.03 Å². The Kier molecular flexibility index (Phi) is 7.53. The largest absolute Gasteiger partial charge is 0.385 e. The summed E-state index contributed by atoms with van der Waals surface area (Å²) >= 11 is 0. The van der Waals surface area contributed by atoms with Gasteiger partial charge in [-0.1, -0.05) is 23.8 Å². The zero-order valence-corrected chi connectivity index (χ0v) is 15.3. The minimum atomic E-state index is 0.0500. The molecule has 0 saturated carbocycles. The summed E-state index contributed by atoms with van der Waals surface area (Å²) in [5.41, 5.74) is 3.67. The maximum absolute atomic E-state index is 12.3. The van der Waals surface area contributed by atoms with Crippen LogP contribution in [0, 0.1) is 13.8 Å². The number of urea groups is 1. The summed E-state index contributed by atoms with van der Waals surface area (Å²) in [5, 5.41) is 3.06. The number of amides is 2. The molecule has 1 aromatic rings. The Morgan fingerprint density at radius 3 is 2.58 bits per heavy atom. The topological polar surface area (TPSA) is 44.8 Å². The van der Waals surface area contributed by atoms with Gasteiger partial charge in [0.05, 0.1) is 0 Å². The first-order chi connectivity index (χ1) is 11.6. The number of ether oxygens (including phenoxy) is 1. The van der Waals surface area contributed by atoms with E-state index in [1.165, 1.54) is 16.7 Å². The lowest BCUT2D eigenvalue weighted by Gasteiger charge is -2.34. The molecule has 0 atom stereocenters. The van der Waals surface area contributed by atoms with E-state index >= 15 is 0 Å². The van der Waals surface area contributed by atoms with Gasteiger partial charge in [-0.05, 0) is 44.4 Å². The van der Waals surface area contributed by atoms with Gasteiger partial charge in [-0.25, -0.2) is 4.79 Å². The molecule has 24 heavy (non-hydrogen) atoms. The highest BCUT2D eigenvalue weighted by Crippen LogP contribution is 2.10. The lowest BCUT2D eigenvalue weighted by molar-refractivity contribution is 0.133. The summed E-state index contributed by atoms with van der Waals surface area (Å²) in [6, 6.07) is 6.40. The predicted molar refractivity (Wildman–Crippen MR) is 97.3 cm³/mol. The molecule has 0 spiro atoms. The molecule has 0 aliphatic carbocycles. The first kappa shape index (κ1) is 18.7. The van der Waals surface area contributed by atoms with Crippen molar-refractivity contribution in [3.63, 3.8) is 0 Å². The Hall–Kier alpha value is -1.59. The zero-order chi connectivity index (χ0) is 17.4. The van der Waals surface area contributed by atoms with Crippen LogP contribution in [0.25, 0.3) is 0 Å². The Bertz CT molecular complexity index is 525. The monoisotopic (exact) mass is 333 g/mol. The van der Waals surface area contributed by atoms with Crippen LogP contribution in [0.1, 0.15) is 29.5 Å². The molecule has 0 bridgehead atoms. The zero-order valence-electron chi connectivity index (χ0n) is 15.3. The van der Waals surface area contributed by atoms with Gasteiger partial charge >= 0.3 is 6.03 Å². The molecule has 2 rings (SSSR count). The van der Waals surface area contributed by atoms with Crippen LogP contribution >= 0.6 is 0 Å². The number of hydrogen-bond acceptors (Lipinski definition) is 3. The van der Waals surface area contributed by atoms with Crippen LogP contribution < -0.4 is 5.32 Å². The van der Waals surface area contributed by atoms with Crippen molar-refractivity contribution in [1.82, 2.24) is 15.1 Å². The van der Waals surface area contributed by atoms with Gasteiger partial charge in [-0.3, -0.25) is 4.90 Å². The summed E-state index contributed by atoms with van der Waals surface area (Å²) < 4.78 is 5.08. The van der Waals surface area contributed by atoms with Crippen LogP contribution in [0.15, 0.2) is 18.2 Å². The quantitative estimate of drug-likeness (QED) is 0.780. The van der Waals surface area contributed by atoms with Crippen LogP contribution in [-0.2, 0) is 11.3 Å². The third-order valence-corrected chi connectivity index (χ3v) is 4.66. The number of benzene rings is 1. The second-order valence-corrected chi connectivity index (χ2v) is 6.62. The third kappa shape index (κ3) is 5.80. The molecule has 5 nitrogen and oxygen atoms in total. The summed E-state index contributed by atoms with van der Waals surface area (Å²) in [6.45, 7) is 10.3. The summed E-state index contributed by atoms with van der Waals surface area (Å²) in [7, 11) is 1.75. The van der Waals surface area contributed by atoms with Gasteiger partial charge in [0.1, 0.15) is 0 Å². The molecular weight excluding hydrogens is 302 g/mol. The summed E-state index contributed by atoms with van der Waals surface area (Å²) in [5.74, 6) is 0. The van der Waals surface area contributed by atoms with Crippen molar-refractivity contribution in [2.24, 2.45) is 0 Å². The fraction of sp³-hybridized carbons (Fsp3) is 0.632. The normalized spacial score (nSPS) is 15.5.